The maximum Gasteiger partial charge on any atom is 0.306 e. The van der Waals surface area contributed by atoms with Crippen molar-refractivity contribution in [1.82, 2.24) is 0 Å². The molecule has 0 heterocycles. The summed E-state index contributed by atoms with van der Waals surface area (Å²) in [7, 11) is 0. The van der Waals surface area contributed by atoms with Crippen LogP contribution in [0.1, 0.15) is 47.5 Å². The summed E-state index contributed by atoms with van der Waals surface area (Å²) in [5.74, 6) is -0.121. The second-order valence-corrected chi connectivity index (χ2v) is 2.35. The van der Waals surface area contributed by atoms with E-state index in [1.807, 2.05) is 34.6 Å². The lowest BCUT2D eigenvalue weighted by atomic mass is 10.3. The summed E-state index contributed by atoms with van der Waals surface area (Å²) in [6.07, 6.45) is 1.93. The number of carboxylic acids is 1. The first-order valence-electron chi connectivity index (χ1n) is 4.98. The lowest BCUT2D eigenvalue weighted by Gasteiger charge is -1.84. The van der Waals surface area contributed by atoms with E-state index in [4.69, 9.17) is 5.11 Å². The van der Waals surface area contributed by atoms with Crippen LogP contribution in [0.15, 0.2) is 0 Å². The Bertz CT molecular complexity index is 110. The van der Waals surface area contributed by atoms with E-state index < -0.39 is 5.97 Å². The molecule has 1 aliphatic rings. The molecule has 0 aromatic rings. The molecule has 74 valence electrons. The molecular weight excluding hydrogens is 152 g/mol. The molecular formula is C10H22O2. The Kier molecular flexibility index (Phi) is 10.0. The van der Waals surface area contributed by atoms with Crippen LogP contribution in [0.2, 0.25) is 0 Å². The second kappa shape index (κ2) is 8.57. The van der Waals surface area contributed by atoms with Crippen LogP contribution in [0.5, 0.6) is 0 Å². The van der Waals surface area contributed by atoms with Gasteiger partial charge in [-0.3, -0.25) is 4.79 Å². The number of rotatable bonds is 2. The summed E-state index contributed by atoms with van der Waals surface area (Å²) >= 11 is 0. The van der Waals surface area contributed by atoms with Gasteiger partial charge in [-0.05, 0) is 12.3 Å². The fourth-order valence-electron chi connectivity index (χ4n) is 1.00. The van der Waals surface area contributed by atoms with E-state index in [0.29, 0.717) is 5.92 Å². The van der Waals surface area contributed by atoms with Crippen LogP contribution in [-0.2, 0) is 4.79 Å². The van der Waals surface area contributed by atoms with Crippen LogP contribution in [0.4, 0.5) is 0 Å². The SMILES string of the molecule is CC.CC.CCC1CC1C(=O)O. The van der Waals surface area contributed by atoms with Crippen LogP contribution < -0.4 is 0 Å². The molecule has 0 spiro atoms. The molecule has 1 saturated carbocycles. The van der Waals surface area contributed by atoms with E-state index in [0.717, 1.165) is 12.8 Å². The topological polar surface area (TPSA) is 37.3 Å². The van der Waals surface area contributed by atoms with E-state index in [1.165, 1.54) is 0 Å². The van der Waals surface area contributed by atoms with Gasteiger partial charge in [0, 0.05) is 0 Å². The molecule has 0 bridgehead atoms. The van der Waals surface area contributed by atoms with Crippen LogP contribution in [0, 0.1) is 11.8 Å². The highest BCUT2D eigenvalue weighted by Gasteiger charge is 2.41. The number of carboxylic acid groups (broad SMARTS) is 1. The van der Waals surface area contributed by atoms with Crippen molar-refractivity contribution in [3.05, 3.63) is 0 Å². The van der Waals surface area contributed by atoms with Crippen LogP contribution >= 0.6 is 0 Å². The quantitative estimate of drug-likeness (QED) is 0.698. The Labute approximate surface area is 76.0 Å². The number of aliphatic carboxylic acids is 1. The van der Waals surface area contributed by atoms with Gasteiger partial charge < -0.3 is 5.11 Å². The van der Waals surface area contributed by atoms with Gasteiger partial charge in [0.25, 0.3) is 0 Å². The number of hydrogen-bond donors (Lipinski definition) is 1. The normalized spacial score (nSPS) is 24.1. The van der Waals surface area contributed by atoms with Gasteiger partial charge in [0.05, 0.1) is 5.92 Å². The summed E-state index contributed by atoms with van der Waals surface area (Å²) in [5.41, 5.74) is 0. The van der Waals surface area contributed by atoms with Crippen molar-refractivity contribution in [2.45, 2.75) is 47.5 Å². The van der Waals surface area contributed by atoms with Crippen molar-refractivity contribution in [3.8, 4) is 0 Å². The maximum absolute atomic E-state index is 10.1. The molecule has 0 radical (unpaired) electrons. The predicted octanol–water partition coefficient (Wildman–Crippen LogP) is 3.17. The highest BCUT2D eigenvalue weighted by molar-refractivity contribution is 5.73. The Balaban J connectivity index is 0. The predicted molar refractivity (Wildman–Crippen MR) is 52.2 cm³/mol. The third-order valence-corrected chi connectivity index (χ3v) is 1.76. The molecule has 1 aliphatic carbocycles. The molecule has 1 rings (SSSR count). The van der Waals surface area contributed by atoms with Gasteiger partial charge in [-0.15, -0.1) is 0 Å². The Hall–Kier alpha value is -0.530. The zero-order valence-electron chi connectivity index (χ0n) is 8.92. The summed E-state index contributed by atoms with van der Waals surface area (Å²) in [6.45, 7) is 10.0. The van der Waals surface area contributed by atoms with Gasteiger partial charge in [-0.25, -0.2) is 0 Å². The fraction of sp³-hybridized carbons (Fsp3) is 0.900. The second-order valence-electron chi connectivity index (χ2n) is 2.35. The molecule has 12 heavy (non-hydrogen) atoms. The maximum atomic E-state index is 10.1. The molecule has 0 aromatic heterocycles. The lowest BCUT2D eigenvalue weighted by molar-refractivity contribution is -0.138. The van der Waals surface area contributed by atoms with Crippen LogP contribution in [0.25, 0.3) is 0 Å². The zero-order chi connectivity index (χ0) is 10.1. The Morgan fingerprint density at radius 1 is 1.33 bits per heavy atom. The highest BCUT2D eigenvalue weighted by atomic mass is 16.4. The molecule has 2 heteroatoms. The van der Waals surface area contributed by atoms with Gasteiger partial charge >= 0.3 is 5.97 Å². The first-order valence-corrected chi connectivity index (χ1v) is 4.98. The third-order valence-electron chi connectivity index (χ3n) is 1.76. The van der Waals surface area contributed by atoms with Crippen molar-refractivity contribution in [1.29, 1.82) is 0 Å². The number of hydrogen-bond acceptors (Lipinski definition) is 1. The Morgan fingerprint density at radius 3 is 1.83 bits per heavy atom. The minimum atomic E-state index is -0.614. The average molecular weight is 174 g/mol. The Morgan fingerprint density at radius 2 is 1.75 bits per heavy atom. The first-order chi connectivity index (χ1) is 5.75. The summed E-state index contributed by atoms with van der Waals surface area (Å²) in [4.78, 5) is 10.1. The molecule has 0 aliphatic heterocycles. The zero-order valence-corrected chi connectivity index (χ0v) is 8.92. The van der Waals surface area contributed by atoms with Crippen molar-refractivity contribution in [2.24, 2.45) is 11.8 Å². The summed E-state index contributed by atoms with van der Waals surface area (Å²) in [6, 6.07) is 0. The van der Waals surface area contributed by atoms with Crippen LogP contribution in [0.3, 0.4) is 0 Å². The van der Waals surface area contributed by atoms with Gasteiger partial charge in [-0.2, -0.15) is 0 Å². The van der Waals surface area contributed by atoms with Crippen LogP contribution in [-0.4, -0.2) is 11.1 Å². The first kappa shape index (κ1) is 14.0. The van der Waals surface area contributed by atoms with Crippen molar-refractivity contribution < 1.29 is 9.90 Å². The van der Waals surface area contributed by atoms with Crippen molar-refractivity contribution >= 4 is 5.97 Å². The van der Waals surface area contributed by atoms with Gasteiger partial charge in [0.2, 0.25) is 0 Å². The summed E-state index contributed by atoms with van der Waals surface area (Å²) in [5, 5.41) is 8.35. The molecule has 0 amide bonds. The molecule has 2 atom stereocenters. The minimum Gasteiger partial charge on any atom is -0.481 e. The average Bonchev–Trinajstić information content (AvgIpc) is 2.90. The fourth-order valence-corrected chi connectivity index (χ4v) is 1.00. The monoisotopic (exact) mass is 174 g/mol. The molecule has 0 aromatic carbocycles. The van der Waals surface area contributed by atoms with E-state index in [-0.39, 0.29) is 5.92 Å². The van der Waals surface area contributed by atoms with E-state index >= 15 is 0 Å². The highest BCUT2D eigenvalue weighted by Crippen LogP contribution is 2.40. The molecule has 1 N–H and O–H groups in total. The van der Waals surface area contributed by atoms with Gasteiger partial charge in [-0.1, -0.05) is 41.0 Å². The van der Waals surface area contributed by atoms with E-state index in [2.05, 4.69) is 0 Å². The number of carbonyl (C=O) groups is 1. The van der Waals surface area contributed by atoms with Crippen molar-refractivity contribution in [3.63, 3.8) is 0 Å². The van der Waals surface area contributed by atoms with Gasteiger partial charge in [0.1, 0.15) is 0 Å². The smallest absolute Gasteiger partial charge is 0.306 e. The minimum absolute atomic E-state index is 0.000000000000000222. The molecule has 0 saturated heterocycles. The van der Waals surface area contributed by atoms with Crippen molar-refractivity contribution in [2.75, 3.05) is 0 Å². The summed E-state index contributed by atoms with van der Waals surface area (Å²) < 4.78 is 0. The lowest BCUT2D eigenvalue weighted by Crippen LogP contribution is -1.98. The largest absolute Gasteiger partial charge is 0.481 e. The molecule has 1 fully saturated rings. The van der Waals surface area contributed by atoms with E-state index in [1.54, 1.807) is 0 Å². The van der Waals surface area contributed by atoms with Gasteiger partial charge in [0.15, 0.2) is 0 Å². The standard InChI is InChI=1S/C6H10O2.2C2H6/c1-2-4-3-5(4)6(7)8;2*1-2/h4-5H,2-3H2,1H3,(H,7,8);2*1-2H3. The van der Waals surface area contributed by atoms with E-state index in [9.17, 15) is 4.79 Å². The molecule has 2 unspecified atom stereocenters. The molecule has 2 nitrogen and oxygen atoms in total. The third kappa shape index (κ3) is 5.16.